The largest absolute Gasteiger partial charge is 0.449 e. The Morgan fingerprint density at radius 1 is 0.867 bits per heavy atom. The Morgan fingerprint density at radius 3 is 2.13 bits per heavy atom. The molecule has 0 fully saturated rings. The zero-order valence-corrected chi connectivity index (χ0v) is 27.1. The molecule has 0 heterocycles. The Bertz CT molecular complexity index is 1240. The van der Waals surface area contributed by atoms with Gasteiger partial charge < -0.3 is 13.7 Å². The topological polar surface area (TPSA) is 61.8 Å². The summed E-state index contributed by atoms with van der Waals surface area (Å²) in [6.45, 7) is 4.56. The molecule has 246 valence electrons. The lowest BCUT2D eigenvalue weighted by molar-refractivity contribution is -0.206. The second-order valence-electron chi connectivity index (χ2n) is 11.3. The third kappa shape index (κ3) is 12.0. The molecule has 0 saturated heterocycles. The van der Waals surface area contributed by atoms with Gasteiger partial charge >= 0.3 is 18.1 Å². The first-order valence-electron chi connectivity index (χ1n) is 16.0. The number of benzene rings is 2. The molecule has 5 nitrogen and oxygen atoms in total. The van der Waals surface area contributed by atoms with E-state index in [1.54, 1.807) is 6.08 Å². The summed E-state index contributed by atoms with van der Waals surface area (Å²) < 4.78 is 57.0. The van der Waals surface area contributed by atoms with Gasteiger partial charge in [-0.25, -0.2) is 9.59 Å². The molecule has 2 unspecified atom stereocenters. The van der Waals surface area contributed by atoms with E-state index in [-0.39, 0.29) is 12.0 Å². The van der Waals surface area contributed by atoms with E-state index in [2.05, 4.69) is 6.92 Å². The Labute approximate surface area is 269 Å². The molecular weight excluding hydrogens is 601 g/mol. The fraction of sp³-hybridized carbons (Fsp3) is 0.500. The highest BCUT2D eigenvalue weighted by atomic mass is 32.2. The van der Waals surface area contributed by atoms with E-state index in [0.717, 1.165) is 55.3 Å². The first kappa shape index (κ1) is 36.4. The molecule has 45 heavy (non-hydrogen) atoms. The zero-order valence-electron chi connectivity index (χ0n) is 26.3. The van der Waals surface area contributed by atoms with Gasteiger partial charge in [0.05, 0.1) is 17.6 Å². The van der Waals surface area contributed by atoms with Crippen LogP contribution in [0.4, 0.5) is 13.2 Å². The summed E-state index contributed by atoms with van der Waals surface area (Å²) in [6.07, 6.45) is 8.12. The van der Waals surface area contributed by atoms with E-state index in [1.807, 2.05) is 49.4 Å². The summed E-state index contributed by atoms with van der Waals surface area (Å²) >= 11 is 0.809. The van der Waals surface area contributed by atoms with Crippen LogP contribution in [0.2, 0.25) is 0 Å². The highest BCUT2D eigenvalue weighted by molar-refractivity contribution is 7.95. The minimum absolute atomic E-state index is 0.0129. The van der Waals surface area contributed by atoms with Gasteiger partial charge in [-0.1, -0.05) is 108 Å². The number of allylic oxidation sites excluding steroid dienone is 2. The molecule has 0 bridgehead atoms. The van der Waals surface area contributed by atoms with Crippen LogP contribution in [0.5, 0.6) is 0 Å². The van der Waals surface area contributed by atoms with Crippen molar-refractivity contribution in [1.82, 2.24) is 0 Å². The monoisotopic (exact) mass is 646 g/mol. The van der Waals surface area contributed by atoms with Crippen molar-refractivity contribution in [2.45, 2.75) is 114 Å². The van der Waals surface area contributed by atoms with Gasteiger partial charge in [-0.05, 0) is 60.7 Å². The first-order valence-corrected chi connectivity index (χ1v) is 16.8. The SMILES string of the molecule is CCCCCCCCOC1(C(=O)OSc2ccc(C(=O)OC(CCCCCC)C(F)(F)F)cc2)C=CC(c2ccccc2)=CC1. The fourth-order valence-electron chi connectivity index (χ4n) is 4.97. The Morgan fingerprint density at radius 2 is 1.51 bits per heavy atom. The maximum Gasteiger partial charge on any atom is 0.425 e. The van der Waals surface area contributed by atoms with Crippen molar-refractivity contribution < 1.29 is 36.4 Å². The number of hydrogen-bond donors (Lipinski definition) is 0. The quantitative estimate of drug-likeness (QED) is 0.0860. The highest BCUT2D eigenvalue weighted by Gasteiger charge is 2.42. The van der Waals surface area contributed by atoms with Gasteiger partial charge in [0.1, 0.15) is 0 Å². The average Bonchev–Trinajstić information content (AvgIpc) is 3.05. The second-order valence-corrected chi connectivity index (χ2v) is 12.1. The Hall–Kier alpha value is -3.04. The van der Waals surface area contributed by atoms with E-state index in [1.165, 1.54) is 43.5 Å². The normalized spacial score (nSPS) is 17.0. The van der Waals surface area contributed by atoms with Crippen molar-refractivity contribution in [1.29, 1.82) is 0 Å². The minimum atomic E-state index is -4.64. The Balaban J connectivity index is 1.60. The number of esters is 1. The fourth-order valence-corrected chi connectivity index (χ4v) is 5.53. The molecule has 3 rings (SSSR count). The number of unbranched alkanes of at least 4 members (excludes halogenated alkanes) is 8. The third-order valence-corrected chi connectivity index (χ3v) is 8.40. The van der Waals surface area contributed by atoms with Crippen LogP contribution in [-0.4, -0.2) is 36.4 Å². The van der Waals surface area contributed by atoms with E-state index in [9.17, 15) is 22.8 Å². The molecule has 0 aliphatic heterocycles. The number of rotatable bonds is 19. The molecule has 2 atom stereocenters. The van der Waals surface area contributed by atoms with Gasteiger partial charge in [0.15, 0.2) is 11.7 Å². The number of carbonyl (C=O) groups is 2. The zero-order chi connectivity index (χ0) is 32.5. The summed E-state index contributed by atoms with van der Waals surface area (Å²) in [5.41, 5.74) is 0.743. The predicted molar refractivity (Wildman–Crippen MR) is 173 cm³/mol. The highest BCUT2D eigenvalue weighted by Crippen LogP contribution is 2.34. The lowest BCUT2D eigenvalue weighted by Gasteiger charge is -2.30. The molecule has 1 aliphatic carbocycles. The minimum Gasteiger partial charge on any atom is -0.449 e. The molecule has 0 radical (unpaired) electrons. The van der Waals surface area contributed by atoms with Crippen molar-refractivity contribution >= 4 is 29.6 Å². The molecule has 1 aliphatic rings. The second kappa shape index (κ2) is 18.8. The summed E-state index contributed by atoms with van der Waals surface area (Å²) in [5, 5.41) is 0. The lowest BCUT2D eigenvalue weighted by Crippen LogP contribution is -2.41. The van der Waals surface area contributed by atoms with Crippen LogP contribution in [-0.2, 0) is 18.5 Å². The van der Waals surface area contributed by atoms with Gasteiger partial charge in [-0.3, -0.25) is 0 Å². The summed E-state index contributed by atoms with van der Waals surface area (Å²) in [5.74, 6) is -1.60. The van der Waals surface area contributed by atoms with Crippen molar-refractivity contribution in [3.05, 3.63) is 84.0 Å². The summed E-state index contributed by atoms with van der Waals surface area (Å²) in [4.78, 5) is 26.4. The molecule has 2 aromatic carbocycles. The van der Waals surface area contributed by atoms with Crippen LogP contribution in [0, 0.1) is 0 Å². The molecule has 0 aromatic heterocycles. The van der Waals surface area contributed by atoms with Gasteiger partial charge in [-0.15, -0.1) is 0 Å². The summed E-state index contributed by atoms with van der Waals surface area (Å²) in [7, 11) is 0. The number of carbonyl (C=O) groups excluding carboxylic acids is 2. The predicted octanol–water partition coefficient (Wildman–Crippen LogP) is 10.5. The molecule has 9 heteroatoms. The van der Waals surface area contributed by atoms with Crippen molar-refractivity contribution in [2.75, 3.05) is 6.61 Å². The van der Waals surface area contributed by atoms with Gasteiger partial charge in [0, 0.05) is 17.9 Å². The van der Waals surface area contributed by atoms with Crippen molar-refractivity contribution in [2.24, 2.45) is 0 Å². The van der Waals surface area contributed by atoms with E-state index in [0.29, 0.717) is 30.8 Å². The number of alkyl halides is 3. The number of hydrogen-bond acceptors (Lipinski definition) is 6. The molecule has 2 aromatic rings. The van der Waals surface area contributed by atoms with Crippen molar-refractivity contribution in [3.63, 3.8) is 0 Å². The maximum atomic E-state index is 13.5. The molecular formula is C36H45F3O5S. The molecule has 0 amide bonds. The Kier molecular flexibility index (Phi) is 15.2. The van der Waals surface area contributed by atoms with Crippen LogP contribution in [0.15, 0.2) is 77.7 Å². The first-order chi connectivity index (χ1) is 21.7. The maximum absolute atomic E-state index is 13.5. The summed E-state index contributed by atoms with van der Waals surface area (Å²) in [6, 6.07) is 15.6. The van der Waals surface area contributed by atoms with Crippen LogP contribution in [0.25, 0.3) is 5.57 Å². The third-order valence-electron chi connectivity index (χ3n) is 7.71. The van der Waals surface area contributed by atoms with Gasteiger partial charge in [-0.2, -0.15) is 13.2 Å². The molecule has 0 N–H and O–H groups in total. The van der Waals surface area contributed by atoms with Crippen LogP contribution in [0.1, 0.15) is 107 Å². The standard InChI is InChI=1S/C36H45F3O5S/c1-3-5-7-9-10-15-27-42-35(25-23-29(24-26-35)28-16-12-11-13-17-28)34(41)44-45-31-21-19-30(20-22-31)33(40)43-32(36(37,38)39)18-14-8-6-4-2/h11-13,16-17,19-25,32H,3-10,14-15,18,26-27H2,1-2H3. The molecule has 0 spiro atoms. The van der Waals surface area contributed by atoms with E-state index < -0.39 is 29.8 Å². The van der Waals surface area contributed by atoms with Crippen molar-refractivity contribution in [3.8, 4) is 0 Å². The van der Waals surface area contributed by atoms with Crippen LogP contribution < -0.4 is 0 Å². The average molecular weight is 647 g/mol. The number of halogens is 3. The van der Waals surface area contributed by atoms with Gasteiger partial charge in [0.25, 0.3) is 0 Å². The van der Waals surface area contributed by atoms with Crippen LogP contribution in [0.3, 0.4) is 0 Å². The van der Waals surface area contributed by atoms with E-state index in [4.69, 9.17) is 13.7 Å². The number of ether oxygens (including phenoxy) is 2. The van der Waals surface area contributed by atoms with Crippen LogP contribution >= 0.6 is 12.0 Å². The lowest BCUT2D eigenvalue weighted by atomic mass is 9.89. The van der Waals surface area contributed by atoms with Gasteiger partial charge in [0.2, 0.25) is 0 Å². The smallest absolute Gasteiger partial charge is 0.425 e. The molecule has 0 saturated carbocycles. The van der Waals surface area contributed by atoms with E-state index >= 15 is 0 Å².